The first kappa shape index (κ1) is 16.0. The van der Waals surface area contributed by atoms with Gasteiger partial charge in [-0.15, -0.1) is 0 Å². The number of thiazole rings is 1. The van der Waals surface area contributed by atoms with E-state index in [0.717, 1.165) is 53.1 Å². The van der Waals surface area contributed by atoms with Gasteiger partial charge in [0.15, 0.2) is 5.13 Å². The Hall–Kier alpha value is -2.51. The Balaban J connectivity index is 1.44. The predicted molar refractivity (Wildman–Crippen MR) is 99.4 cm³/mol. The molecular weight excluding hydrogens is 334 g/mol. The van der Waals surface area contributed by atoms with E-state index in [0.29, 0.717) is 0 Å². The summed E-state index contributed by atoms with van der Waals surface area (Å²) in [6, 6.07) is 7.78. The second kappa shape index (κ2) is 7.58. The summed E-state index contributed by atoms with van der Waals surface area (Å²) in [6.45, 7) is 2.02. The zero-order chi connectivity index (χ0) is 16.9. The minimum Gasteiger partial charge on any atom is -0.490 e. The highest BCUT2D eigenvalue weighted by Gasteiger charge is 2.14. The van der Waals surface area contributed by atoms with E-state index >= 15 is 0 Å². The minimum atomic E-state index is 0.273. The van der Waals surface area contributed by atoms with Crippen LogP contribution in [0.1, 0.15) is 12.8 Å². The first-order valence-electron chi connectivity index (χ1n) is 8.33. The molecule has 7 heteroatoms. The van der Waals surface area contributed by atoms with Crippen LogP contribution in [-0.4, -0.2) is 34.1 Å². The molecule has 0 spiro atoms. The fourth-order valence-electron chi connectivity index (χ4n) is 2.75. The maximum Gasteiger partial charge on any atom is 0.188 e. The lowest BCUT2D eigenvalue weighted by molar-refractivity contribution is 0.162. The predicted octanol–water partition coefficient (Wildman–Crippen LogP) is 3.47. The number of anilines is 2. The molecule has 1 saturated heterocycles. The zero-order valence-electron chi connectivity index (χ0n) is 13.7. The third-order valence-electron chi connectivity index (χ3n) is 4.03. The average molecular weight is 353 g/mol. The van der Waals surface area contributed by atoms with Gasteiger partial charge in [0.2, 0.25) is 0 Å². The van der Waals surface area contributed by atoms with Gasteiger partial charge in [0, 0.05) is 30.9 Å². The quantitative estimate of drug-likeness (QED) is 0.732. The van der Waals surface area contributed by atoms with Crippen LogP contribution in [0.25, 0.3) is 10.4 Å². The van der Waals surface area contributed by atoms with Crippen molar-refractivity contribution in [3.8, 4) is 16.2 Å². The standard InChI is InChI=1S/C18H19N5OS/c1-6-19-7-2-13(1)16-12-22-18(25-16)23-17-11-15(5-10-21-17)24-14-3-8-20-9-4-14/h1-2,5-7,10-12,14,20H,3-4,8-9H2,(H,21,22,23). The Morgan fingerprint density at radius 2 is 1.92 bits per heavy atom. The lowest BCUT2D eigenvalue weighted by Gasteiger charge is -2.23. The maximum atomic E-state index is 6.06. The van der Waals surface area contributed by atoms with Gasteiger partial charge in [-0.2, -0.15) is 0 Å². The molecule has 1 fully saturated rings. The summed E-state index contributed by atoms with van der Waals surface area (Å²) in [4.78, 5) is 13.9. The number of nitrogens with one attached hydrogen (secondary N) is 2. The van der Waals surface area contributed by atoms with Crippen molar-refractivity contribution < 1.29 is 4.74 Å². The smallest absolute Gasteiger partial charge is 0.188 e. The Kier molecular flexibility index (Phi) is 4.85. The molecule has 3 aromatic heterocycles. The van der Waals surface area contributed by atoms with Crippen LogP contribution < -0.4 is 15.4 Å². The summed E-state index contributed by atoms with van der Waals surface area (Å²) in [7, 11) is 0. The van der Waals surface area contributed by atoms with Gasteiger partial charge in [-0.1, -0.05) is 11.3 Å². The molecule has 0 amide bonds. The van der Waals surface area contributed by atoms with E-state index < -0.39 is 0 Å². The second-order valence-electron chi connectivity index (χ2n) is 5.83. The normalized spacial score (nSPS) is 15.0. The summed E-state index contributed by atoms with van der Waals surface area (Å²) in [6.07, 6.45) is 9.53. The SMILES string of the molecule is c1cc(-c2cnc(Nc3cc(OC4CCNCC4)ccn3)s2)ccn1. The van der Waals surface area contributed by atoms with E-state index in [2.05, 4.69) is 25.6 Å². The Morgan fingerprint density at radius 3 is 2.76 bits per heavy atom. The third kappa shape index (κ3) is 4.12. The number of rotatable bonds is 5. The molecule has 0 unspecified atom stereocenters. The van der Waals surface area contributed by atoms with E-state index in [1.165, 1.54) is 0 Å². The lowest BCUT2D eigenvalue weighted by atomic mass is 10.1. The Bertz CT molecular complexity index is 817. The number of aromatic nitrogens is 3. The molecule has 0 saturated carbocycles. The van der Waals surface area contributed by atoms with Gasteiger partial charge >= 0.3 is 0 Å². The first-order valence-corrected chi connectivity index (χ1v) is 9.15. The molecule has 3 aromatic rings. The van der Waals surface area contributed by atoms with Crippen molar-refractivity contribution in [2.45, 2.75) is 18.9 Å². The van der Waals surface area contributed by atoms with E-state index in [-0.39, 0.29) is 6.10 Å². The fraction of sp³-hybridized carbons (Fsp3) is 0.278. The van der Waals surface area contributed by atoms with Crippen molar-refractivity contribution in [2.75, 3.05) is 18.4 Å². The largest absolute Gasteiger partial charge is 0.490 e. The number of nitrogens with zero attached hydrogens (tertiary/aromatic N) is 3. The minimum absolute atomic E-state index is 0.273. The number of hydrogen-bond acceptors (Lipinski definition) is 7. The van der Waals surface area contributed by atoms with Crippen LogP contribution in [0.15, 0.2) is 49.1 Å². The fourth-order valence-corrected chi connectivity index (χ4v) is 3.58. The molecule has 128 valence electrons. The summed E-state index contributed by atoms with van der Waals surface area (Å²) in [5.74, 6) is 1.58. The topological polar surface area (TPSA) is 72.0 Å². The molecular formula is C18H19N5OS. The van der Waals surface area contributed by atoms with E-state index in [1.807, 2.05) is 30.5 Å². The van der Waals surface area contributed by atoms with E-state index in [1.54, 1.807) is 29.9 Å². The van der Waals surface area contributed by atoms with Crippen molar-refractivity contribution >= 4 is 22.3 Å². The molecule has 0 bridgehead atoms. The van der Waals surface area contributed by atoms with Crippen LogP contribution in [0.2, 0.25) is 0 Å². The summed E-state index contributed by atoms with van der Waals surface area (Å²) in [5.41, 5.74) is 1.11. The van der Waals surface area contributed by atoms with Gasteiger partial charge in [0.1, 0.15) is 17.7 Å². The van der Waals surface area contributed by atoms with Gasteiger partial charge < -0.3 is 15.4 Å². The average Bonchev–Trinajstić information content (AvgIpc) is 3.12. The summed E-state index contributed by atoms with van der Waals surface area (Å²) < 4.78 is 6.06. The van der Waals surface area contributed by atoms with Crippen LogP contribution in [0.5, 0.6) is 5.75 Å². The van der Waals surface area contributed by atoms with Gasteiger partial charge in [0.05, 0.1) is 4.88 Å². The second-order valence-corrected chi connectivity index (χ2v) is 6.87. The molecule has 25 heavy (non-hydrogen) atoms. The third-order valence-corrected chi connectivity index (χ3v) is 4.99. The van der Waals surface area contributed by atoms with Crippen LogP contribution in [0, 0.1) is 0 Å². The van der Waals surface area contributed by atoms with Crippen molar-refractivity contribution in [3.63, 3.8) is 0 Å². The van der Waals surface area contributed by atoms with Crippen molar-refractivity contribution in [2.24, 2.45) is 0 Å². The van der Waals surface area contributed by atoms with Crippen molar-refractivity contribution in [1.82, 2.24) is 20.3 Å². The molecule has 6 nitrogen and oxygen atoms in total. The van der Waals surface area contributed by atoms with Crippen LogP contribution >= 0.6 is 11.3 Å². The number of piperidine rings is 1. The monoisotopic (exact) mass is 353 g/mol. The molecule has 1 aliphatic rings. The van der Waals surface area contributed by atoms with Crippen molar-refractivity contribution in [1.29, 1.82) is 0 Å². The van der Waals surface area contributed by atoms with Crippen LogP contribution in [0.4, 0.5) is 10.9 Å². The van der Waals surface area contributed by atoms with Crippen molar-refractivity contribution in [3.05, 3.63) is 49.1 Å². The first-order chi connectivity index (χ1) is 12.4. The number of pyridine rings is 2. The lowest BCUT2D eigenvalue weighted by Crippen LogP contribution is -2.34. The number of hydrogen-bond donors (Lipinski definition) is 2. The van der Waals surface area contributed by atoms with E-state index in [9.17, 15) is 0 Å². The Morgan fingerprint density at radius 1 is 1.08 bits per heavy atom. The molecule has 0 radical (unpaired) electrons. The summed E-state index contributed by atoms with van der Waals surface area (Å²) in [5, 5.41) is 7.41. The van der Waals surface area contributed by atoms with Gasteiger partial charge in [-0.3, -0.25) is 4.98 Å². The molecule has 0 aliphatic carbocycles. The van der Waals surface area contributed by atoms with E-state index in [4.69, 9.17) is 4.74 Å². The molecule has 0 atom stereocenters. The van der Waals surface area contributed by atoms with Gasteiger partial charge in [-0.05, 0) is 49.7 Å². The molecule has 4 rings (SSSR count). The Labute approximate surface area is 150 Å². The molecule has 4 heterocycles. The molecule has 2 N–H and O–H groups in total. The highest BCUT2D eigenvalue weighted by Crippen LogP contribution is 2.30. The number of ether oxygens (including phenoxy) is 1. The highest BCUT2D eigenvalue weighted by molar-refractivity contribution is 7.18. The highest BCUT2D eigenvalue weighted by atomic mass is 32.1. The van der Waals surface area contributed by atoms with Gasteiger partial charge in [0.25, 0.3) is 0 Å². The molecule has 1 aliphatic heterocycles. The van der Waals surface area contributed by atoms with Gasteiger partial charge in [-0.25, -0.2) is 9.97 Å². The molecule has 0 aromatic carbocycles. The maximum absolute atomic E-state index is 6.06. The summed E-state index contributed by atoms with van der Waals surface area (Å²) >= 11 is 1.58. The zero-order valence-corrected chi connectivity index (χ0v) is 14.5. The van der Waals surface area contributed by atoms with Crippen LogP contribution in [-0.2, 0) is 0 Å². The van der Waals surface area contributed by atoms with Crippen LogP contribution in [0.3, 0.4) is 0 Å².